The van der Waals surface area contributed by atoms with Gasteiger partial charge in [-0.1, -0.05) is 12.6 Å². The van der Waals surface area contributed by atoms with Crippen LogP contribution in [0.2, 0.25) is 0 Å². The number of benzene rings is 1. The van der Waals surface area contributed by atoms with Crippen molar-refractivity contribution in [2.24, 2.45) is 0 Å². The van der Waals surface area contributed by atoms with Gasteiger partial charge in [-0.15, -0.1) is 12.6 Å². The molecule has 0 aromatic heterocycles. The van der Waals surface area contributed by atoms with E-state index in [2.05, 4.69) is 24.5 Å². The third-order valence-corrected chi connectivity index (χ3v) is 1.87. The summed E-state index contributed by atoms with van der Waals surface area (Å²) in [7, 11) is 0. The van der Waals surface area contributed by atoms with Crippen molar-refractivity contribution in [2.75, 3.05) is 5.32 Å². The number of aryl methyl sites for hydroxylation is 1. The predicted octanol–water partition coefficient (Wildman–Crippen LogP) is 3.23. The average molecular weight is 179 g/mol. The first-order valence-corrected chi connectivity index (χ1v) is 4.26. The van der Waals surface area contributed by atoms with E-state index in [4.69, 9.17) is 0 Å². The molecule has 1 rings (SSSR count). The van der Waals surface area contributed by atoms with E-state index in [1.807, 2.05) is 32.0 Å². The second-order valence-corrected chi connectivity index (χ2v) is 3.41. The summed E-state index contributed by atoms with van der Waals surface area (Å²) in [5, 5.41) is 3.13. The fraction of sp³-hybridized carbons (Fsp3) is 0.200. The molecular weight excluding hydrogens is 166 g/mol. The third-order valence-electron chi connectivity index (χ3n) is 1.50. The van der Waals surface area contributed by atoms with E-state index in [-0.39, 0.29) is 0 Å². The number of hydrogen-bond donors (Lipinski definition) is 2. The molecule has 0 saturated carbocycles. The molecule has 12 heavy (non-hydrogen) atoms. The summed E-state index contributed by atoms with van der Waals surface area (Å²) in [5.41, 5.74) is 3.15. The van der Waals surface area contributed by atoms with Crippen molar-refractivity contribution < 1.29 is 0 Å². The van der Waals surface area contributed by atoms with Gasteiger partial charge in [0.25, 0.3) is 0 Å². The lowest BCUT2D eigenvalue weighted by atomic mass is 10.2. The van der Waals surface area contributed by atoms with Crippen LogP contribution in [0.1, 0.15) is 12.5 Å². The Bertz CT molecular complexity index is 305. The molecule has 64 valence electrons. The van der Waals surface area contributed by atoms with Crippen molar-refractivity contribution in [2.45, 2.75) is 18.7 Å². The lowest BCUT2D eigenvalue weighted by molar-refractivity contribution is 1.31. The molecule has 1 nitrogen and oxygen atoms in total. The molecule has 0 unspecified atom stereocenters. The average Bonchev–Trinajstić information content (AvgIpc) is 1.94. The van der Waals surface area contributed by atoms with E-state index in [9.17, 15) is 0 Å². The standard InChI is InChI=1S/C10H13NS/c1-7(2)11-9-5-4-8(3)6-10(9)12/h4-6,11-12H,1H2,2-3H3. The monoisotopic (exact) mass is 179 g/mol. The van der Waals surface area contributed by atoms with E-state index in [0.717, 1.165) is 16.3 Å². The highest BCUT2D eigenvalue weighted by atomic mass is 32.1. The Balaban J connectivity index is 2.93. The maximum atomic E-state index is 4.34. The molecule has 0 heterocycles. The molecule has 0 saturated heterocycles. The van der Waals surface area contributed by atoms with E-state index in [1.54, 1.807) is 0 Å². The Morgan fingerprint density at radius 3 is 2.67 bits per heavy atom. The van der Waals surface area contributed by atoms with Crippen molar-refractivity contribution in [1.29, 1.82) is 0 Å². The number of thiol groups is 1. The summed E-state index contributed by atoms with van der Waals surface area (Å²) >= 11 is 4.34. The summed E-state index contributed by atoms with van der Waals surface area (Å²) in [4.78, 5) is 0.956. The highest BCUT2D eigenvalue weighted by Crippen LogP contribution is 2.21. The van der Waals surface area contributed by atoms with Crippen molar-refractivity contribution in [3.8, 4) is 0 Å². The summed E-state index contributed by atoms with van der Waals surface area (Å²) in [6, 6.07) is 6.08. The van der Waals surface area contributed by atoms with Crippen LogP contribution in [0, 0.1) is 6.92 Å². The van der Waals surface area contributed by atoms with Crippen molar-refractivity contribution in [3.05, 3.63) is 36.0 Å². The fourth-order valence-corrected chi connectivity index (χ4v) is 1.31. The Labute approximate surface area is 78.9 Å². The first kappa shape index (κ1) is 9.20. The maximum Gasteiger partial charge on any atom is 0.0517 e. The molecule has 0 radical (unpaired) electrons. The van der Waals surface area contributed by atoms with Crippen LogP contribution in [0.3, 0.4) is 0 Å². The molecule has 0 aliphatic carbocycles. The highest BCUT2D eigenvalue weighted by Gasteiger charge is 1.97. The minimum Gasteiger partial charge on any atom is -0.359 e. The van der Waals surface area contributed by atoms with Crippen LogP contribution in [0.4, 0.5) is 5.69 Å². The van der Waals surface area contributed by atoms with Gasteiger partial charge in [0.2, 0.25) is 0 Å². The molecule has 1 N–H and O–H groups in total. The minimum atomic E-state index is 0.925. The van der Waals surface area contributed by atoms with Crippen LogP contribution in [0.25, 0.3) is 0 Å². The summed E-state index contributed by atoms with van der Waals surface area (Å²) < 4.78 is 0. The van der Waals surface area contributed by atoms with Crippen LogP contribution in [-0.2, 0) is 0 Å². The number of anilines is 1. The molecule has 1 aromatic carbocycles. The van der Waals surface area contributed by atoms with E-state index >= 15 is 0 Å². The van der Waals surface area contributed by atoms with Gasteiger partial charge < -0.3 is 5.32 Å². The smallest absolute Gasteiger partial charge is 0.0517 e. The highest BCUT2D eigenvalue weighted by molar-refractivity contribution is 7.80. The van der Waals surface area contributed by atoms with Crippen LogP contribution >= 0.6 is 12.6 Å². The molecule has 1 aromatic rings. The Hall–Kier alpha value is -0.890. The first-order valence-electron chi connectivity index (χ1n) is 3.82. The van der Waals surface area contributed by atoms with E-state index in [1.165, 1.54) is 5.56 Å². The number of nitrogens with one attached hydrogen (secondary N) is 1. The molecule has 0 fully saturated rings. The fourth-order valence-electron chi connectivity index (χ4n) is 0.977. The zero-order chi connectivity index (χ0) is 9.14. The summed E-state index contributed by atoms with van der Waals surface area (Å²) in [6.45, 7) is 7.74. The Kier molecular flexibility index (Phi) is 2.82. The SMILES string of the molecule is C=C(C)Nc1ccc(C)cc1S. The van der Waals surface area contributed by atoms with Gasteiger partial charge in [-0.25, -0.2) is 0 Å². The van der Waals surface area contributed by atoms with Crippen molar-refractivity contribution >= 4 is 18.3 Å². The largest absolute Gasteiger partial charge is 0.359 e. The number of rotatable bonds is 2. The van der Waals surface area contributed by atoms with Crippen LogP contribution < -0.4 is 5.32 Å². The zero-order valence-corrected chi connectivity index (χ0v) is 8.28. The summed E-state index contributed by atoms with van der Waals surface area (Å²) in [5.74, 6) is 0. The lowest BCUT2D eigenvalue weighted by Crippen LogP contribution is -1.94. The number of allylic oxidation sites excluding steroid dienone is 1. The third kappa shape index (κ3) is 2.31. The minimum absolute atomic E-state index is 0.925. The van der Waals surface area contributed by atoms with Gasteiger partial charge in [-0.05, 0) is 31.5 Å². The van der Waals surface area contributed by atoms with Crippen molar-refractivity contribution in [3.63, 3.8) is 0 Å². The van der Waals surface area contributed by atoms with Gasteiger partial charge >= 0.3 is 0 Å². The van der Waals surface area contributed by atoms with Crippen LogP contribution in [-0.4, -0.2) is 0 Å². The quantitative estimate of drug-likeness (QED) is 0.664. The van der Waals surface area contributed by atoms with E-state index < -0.39 is 0 Å². The normalized spacial score (nSPS) is 9.58. The topological polar surface area (TPSA) is 12.0 Å². The van der Waals surface area contributed by atoms with Gasteiger partial charge in [-0.3, -0.25) is 0 Å². The Morgan fingerprint density at radius 2 is 2.17 bits per heavy atom. The van der Waals surface area contributed by atoms with E-state index in [0.29, 0.717) is 0 Å². The van der Waals surface area contributed by atoms with Gasteiger partial charge in [0.1, 0.15) is 0 Å². The zero-order valence-electron chi connectivity index (χ0n) is 7.39. The molecular formula is C10H13NS. The molecule has 0 aliphatic heterocycles. The summed E-state index contributed by atoms with van der Waals surface area (Å²) in [6.07, 6.45) is 0. The van der Waals surface area contributed by atoms with Gasteiger partial charge in [0.05, 0.1) is 5.69 Å². The second kappa shape index (κ2) is 3.68. The lowest BCUT2D eigenvalue weighted by Gasteiger charge is -2.08. The molecule has 0 amide bonds. The van der Waals surface area contributed by atoms with Gasteiger partial charge in [0.15, 0.2) is 0 Å². The predicted molar refractivity (Wildman–Crippen MR) is 56.9 cm³/mol. The molecule has 0 atom stereocenters. The molecule has 0 aliphatic rings. The molecule has 2 heteroatoms. The maximum absolute atomic E-state index is 4.34. The van der Waals surface area contributed by atoms with Crippen LogP contribution in [0.15, 0.2) is 35.4 Å². The van der Waals surface area contributed by atoms with Gasteiger partial charge in [-0.2, -0.15) is 0 Å². The first-order chi connectivity index (χ1) is 5.59. The number of hydrogen-bond acceptors (Lipinski definition) is 2. The second-order valence-electron chi connectivity index (χ2n) is 2.93. The van der Waals surface area contributed by atoms with Crippen LogP contribution in [0.5, 0.6) is 0 Å². The van der Waals surface area contributed by atoms with Crippen molar-refractivity contribution in [1.82, 2.24) is 0 Å². The molecule has 0 spiro atoms. The van der Waals surface area contributed by atoms with Gasteiger partial charge in [0, 0.05) is 10.6 Å². The Morgan fingerprint density at radius 1 is 1.50 bits per heavy atom. The molecule has 0 bridgehead atoms.